The van der Waals surface area contributed by atoms with Crippen molar-refractivity contribution in [3.8, 4) is 17.3 Å². The van der Waals surface area contributed by atoms with Crippen LogP contribution in [0.3, 0.4) is 0 Å². The molecule has 142 valence electrons. The Balaban J connectivity index is 1.59. The van der Waals surface area contributed by atoms with E-state index in [-0.39, 0.29) is 23.9 Å². The Labute approximate surface area is 163 Å². The Morgan fingerprint density at radius 3 is 2.71 bits per heavy atom. The van der Waals surface area contributed by atoms with Crippen LogP contribution < -0.4 is 16.2 Å². The van der Waals surface area contributed by atoms with Gasteiger partial charge in [0.25, 0.3) is 0 Å². The molecule has 4 N–H and O–H groups in total. The summed E-state index contributed by atoms with van der Waals surface area (Å²) in [5.41, 5.74) is 11.2. The van der Waals surface area contributed by atoms with Crippen LogP contribution in [-0.2, 0) is 4.79 Å². The molecule has 3 atom stereocenters. The molecule has 0 spiro atoms. The summed E-state index contributed by atoms with van der Waals surface area (Å²) in [4.78, 5) is 20.3. The number of H-pyrrole nitrogens is 1. The lowest BCUT2D eigenvalue weighted by atomic mass is 9.97. The molecule has 7 heteroatoms. The summed E-state index contributed by atoms with van der Waals surface area (Å²) in [5.74, 6) is 0.110. The van der Waals surface area contributed by atoms with Gasteiger partial charge in [0.1, 0.15) is 11.7 Å². The maximum atomic E-state index is 12.6. The quantitative estimate of drug-likeness (QED) is 0.564. The lowest BCUT2D eigenvalue weighted by Gasteiger charge is -2.15. The maximum absolute atomic E-state index is 12.6. The molecule has 4 rings (SSSR count). The highest BCUT2D eigenvalue weighted by Gasteiger charge is 2.34. The molecule has 1 fully saturated rings. The predicted octanol–water partition coefficient (Wildman–Crippen LogP) is 2.85. The fourth-order valence-corrected chi connectivity index (χ4v) is 3.56. The van der Waals surface area contributed by atoms with Crippen LogP contribution in [0.5, 0.6) is 0 Å². The zero-order valence-corrected chi connectivity index (χ0v) is 16.0. The first-order valence-corrected chi connectivity index (χ1v) is 9.28. The molecule has 1 aliphatic rings. The van der Waals surface area contributed by atoms with E-state index in [1.807, 2.05) is 45.0 Å². The molecule has 0 radical (unpaired) electrons. The molecule has 1 aliphatic heterocycles. The number of nitrogens with zero attached hydrogens (tertiary/aromatic N) is 2. The van der Waals surface area contributed by atoms with Crippen LogP contribution in [-0.4, -0.2) is 28.0 Å². The monoisotopic (exact) mass is 374 g/mol. The van der Waals surface area contributed by atoms with E-state index in [0.29, 0.717) is 11.3 Å². The van der Waals surface area contributed by atoms with Gasteiger partial charge in [0.2, 0.25) is 5.91 Å². The van der Waals surface area contributed by atoms with Crippen LogP contribution in [0, 0.1) is 24.2 Å². The van der Waals surface area contributed by atoms with Gasteiger partial charge in [-0.15, -0.1) is 0 Å². The summed E-state index contributed by atoms with van der Waals surface area (Å²) in [7, 11) is 0. The number of aryl methyl sites for hydroxylation is 1. The van der Waals surface area contributed by atoms with Gasteiger partial charge < -0.3 is 10.3 Å². The summed E-state index contributed by atoms with van der Waals surface area (Å²) in [6, 6.07) is 11.6. The topological polar surface area (TPSA) is 106 Å². The number of aromatic amines is 1. The van der Waals surface area contributed by atoms with E-state index in [9.17, 15) is 4.79 Å². The van der Waals surface area contributed by atoms with Gasteiger partial charge in [-0.1, -0.05) is 13.0 Å². The van der Waals surface area contributed by atoms with Crippen molar-refractivity contribution in [2.45, 2.75) is 32.9 Å². The van der Waals surface area contributed by atoms with Gasteiger partial charge in [0.15, 0.2) is 0 Å². The number of rotatable bonds is 3. The van der Waals surface area contributed by atoms with Gasteiger partial charge in [-0.25, -0.2) is 10.4 Å². The number of hydrogen-bond donors (Lipinski definition) is 4. The molecular weight excluding hydrogens is 352 g/mol. The predicted molar refractivity (Wildman–Crippen MR) is 108 cm³/mol. The van der Waals surface area contributed by atoms with E-state index in [0.717, 1.165) is 27.9 Å². The van der Waals surface area contributed by atoms with Crippen molar-refractivity contribution in [1.29, 1.82) is 5.26 Å². The third-order valence-electron chi connectivity index (χ3n) is 5.45. The lowest BCUT2D eigenvalue weighted by molar-refractivity contribution is -0.118. The summed E-state index contributed by atoms with van der Waals surface area (Å²) in [6.07, 6.45) is 1.66. The number of hydrazine groups is 1. The number of carbonyl (C=O) groups is 1. The van der Waals surface area contributed by atoms with Crippen molar-refractivity contribution >= 4 is 22.6 Å². The third-order valence-corrected chi connectivity index (χ3v) is 5.45. The number of carbonyl (C=O) groups excluding carboxylic acids is 1. The zero-order valence-electron chi connectivity index (χ0n) is 16.0. The van der Waals surface area contributed by atoms with Crippen molar-refractivity contribution in [2.24, 2.45) is 5.92 Å². The Hall–Kier alpha value is -3.21. The molecule has 0 aliphatic carbocycles. The average molecular weight is 374 g/mol. The number of benzene rings is 1. The Morgan fingerprint density at radius 2 is 2.04 bits per heavy atom. The number of anilines is 1. The highest BCUT2D eigenvalue weighted by atomic mass is 16.2. The average Bonchev–Trinajstić information content (AvgIpc) is 3.24. The minimum absolute atomic E-state index is 0.0794. The van der Waals surface area contributed by atoms with Gasteiger partial charge in [0.05, 0.1) is 23.5 Å². The number of aromatic nitrogens is 2. The Morgan fingerprint density at radius 1 is 1.21 bits per heavy atom. The first-order valence-electron chi connectivity index (χ1n) is 9.28. The molecule has 3 unspecified atom stereocenters. The van der Waals surface area contributed by atoms with E-state index in [4.69, 9.17) is 5.26 Å². The normalized spacial score (nSPS) is 21.6. The minimum atomic E-state index is -0.284. The summed E-state index contributed by atoms with van der Waals surface area (Å²) in [6.45, 7) is 6.07. The smallest absolute Gasteiger partial charge is 0.243 e. The molecule has 0 bridgehead atoms. The Kier molecular flexibility index (Phi) is 4.59. The van der Waals surface area contributed by atoms with E-state index in [1.165, 1.54) is 0 Å². The van der Waals surface area contributed by atoms with Crippen molar-refractivity contribution in [3.63, 3.8) is 0 Å². The van der Waals surface area contributed by atoms with Crippen molar-refractivity contribution in [1.82, 2.24) is 20.8 Å². The van der Waals surface area contributed by atoms with Gasteiger partial charge in [-0.2, -0.15) is 5.26 Å². The van der Waals surface area contributed by atoms with Gasteiger partial charge in [-0.05, 0) is 49.6 Å². The Bertz CT molecular complexity index is 1100. The van der Waals surface area contributed by atoms with Gasteiger partial charge in [-0.3, -0.25) is 10.2 Å². The number of fused-ring (bicyclic) bond motifs is 1. The second-order valence-corrected chi connectivity index (χ2v) is 7.39. The molecular formula is C21H22N6O. The number of pyridine rings is 1. The highest BCUT2D eigenvalue weighted by molar-refractivity contribution is 5.97. The lowest BCUT2D eigenvalue weighted by Crippen LogP contribution is -2.41. The van der Waals surface area contributed by atoms with Crippen LogP contribution >= 0.6 is 0 Å². The standard InChI is InChI=1S/C21H22N6O/c1-11-6-14(9-22)4-5-17(11)18-8-15-7-16(10-23-20(15)25-18)24-21(28)19-12(2)13(3)26-27-19/h4-8,10,12-13,19,26-27H,1-3H3,(H,23,25)(H,24,28). The molecule has 1 saturated heterocycles. The van der Waals surface area contributed by atoms with Crippen molar-refractivity contribution < 1.29 is 4.79 Å². The first kappa shape index (κ1) is 18.2. The highest BCUT2D eigenvalue weighted by Crippen LogP contribution is 2.28. The molecule has 1 aromatic carbocycles. The first-order chi connectivity index (χ1) is 13.5. The number of amides is 1. The largest absolute Gasteiger partial charge is 0.339 e. The van der Waals surface area contributed by atoms with E-state index >= 15 is 0 Å². The molecule has 1 amide bonds. The zero-order chi connectivity index (χ0) is 19.8. The van der Waals surface area contributed by atoms with Crippen LogP contribution in [0.4, 0.5) is 5.69 Å². The van der Waals surface area contributed by atoms with Crippen LogP contribution in [0.2, 0.25) is 0 Å². The molecule has 2 aromatic heterocycles. The number of nitrogens with one attached hydrogen (secondary N) is 4. The third kappa shape index (κ3) is 3.24. The van der Waals surface area contributed by atoms with Crippen LogP contribution in [0.1, 0.15) is 25.0 Å². The summed E-state index contributed by atoms with van der Waals surface area (Å²) < 4.78 is 0. The van der Waals surface area contributed by atoms with Crippen molar-refractivity contribution in [3.05, 3.63) is 47.7 Å². The maximum Gasteiger partial charge on any atom is 0.243 e. The SMILES string of the molecule is Cc1cc(C#N)ccc1-c1cc2cc(NC(=O)C3NNC(C)C3C)cnc2[nH]1. The molecule has 28 heavy (non-hydrogen) atoms. The van der Waals surface area contributed by atoms with E-state index in [2.05, 4.69) is 32.2 Å². The van der Waals surface area contributed by atoms with Gasteiger partial charge >= 0.3 is 0 Å². The molecule has 3 aromatic rings. The van der Waals surface area contributed by atoms with Crippen LogP contribution in [0.15, 0.2) is 36.5 Å². The molecule has 0 saturated carbocycles. The van der Waals surface area contributed by atoms with Crippen LogP contribution in [0.25, 0.3) is 22.3 Å². The minimum Gasteiger partial charge on any atom is -0.339 e. The fourth-order valence-electron chi connectivity index (χ4n) is 3.56. The summed E-state index contributed by atoms with van der Waals surface area (Å²) in [5, 5.41) is 12.9. The molecule has 7 nitrogen and oxygen atoms in total. The second-order valence-electron chi connectivity index (χ2n) is 7.39. The molecule has 3 heterocycles. The number of nitriles is 1. The van der Waals surface area contributed by atoms with Gasteiger partial charge in [0, 0.05) is 22.7 Å². The summed E-state index contributed by atoms with van der Waals surface area (Å²) >= 11 is 0. The fraction of sp³-hybridized carbons (Fsp3) is 0.286. The number of hydrogen-bond acceptors (Lipinski definition) is 5. The van der Waals surface area contributed by atoms with E-state index < -0.39 is 0 Å². The van der Waals surface area contributed by atoms with Crippen molar-refractivity contribution in [2.75, 3.05) is 5.32 Å². The van der Waals surface area contributed by atoms with E-state index in [1.54, 1.807) is 12.3 Å². The second kappa shape index (κ2) is 7.08.